The summed E-state index contributed by atoms with van der Waals surface area (Å²) in [6.45, 7) is 4.90. The maximum atomic E-state index is 12.3. The van der Waals surface area contributed by atoms with Gasteiger partial charge in [0.15, 0.2) is 0 Å². The van der Waals surface area contributed by atoms with Crippen LogP contribution in [0.15, 0.2) is 42.6 Å². The molecule has 0 aliphatic rings. The first-order chi connectivity index (χ1) is 9.97. The molecule has 0 saturated heterocycles. The van der Waals surface area contributed by atoms with Crippen LogP contribution in [-0.2, 0) is 6.54 Å². The molecule has 1 heterocycles. The minimum atomic E-state index is -0.0627. The number of rotatable bonds is 4. The minimum Gasteiger partial charge on any atom is -0.337 e. The van der Waals surface area contributed by atoms with Gasteiger partial charge in [0.25, 0.3) is 5.91 Å². The lowest BCUT2D eigenvalue weighted by Gasteiger charge is -2.18. The molecular weight excluding hydrogens is 284 g/mol. The van der Waals surface area contributed by atoms with Crippen molar-refractivity contribution in [3.05, 3.63) is 64.4 Å². The van der Waals surface area contributed by atoms with E-state index in [-0.39, 0.29) is 5.91 Å². The lowest BCUT2D eigenvalue weighted by Crippen LogP contribution is -2.26. The Balaban J connectivity index is 2.07. The van der Waals surface area contributed by atoms with E-state index in [0.717, 1.165) is 5.56 Å². The quantitative estimate of drug-likeness (QED) is 0.796. The normalized spacial score (nSPS) is 10.7. The van der Waals surface area contributed by atoms with Gasteiger partial charge < -0.3 is 4.90 Å². The topological polar surface area (TPSA) is 33.2 Å². The molecule has 0 fully saturated rings. The van der Waals surface area contributed by atoms with Crippen molar-refractivity contribution in [2.75, 3.05) is 7.05 Å². The molecule has 1 aromatic carbocycles. The number of nitrogens with zero attached hydrogens (tertiary/aromatic N) is 2. The first-order valence-electron chi connectivity index (χ1n) is 6.93. The Morgan fingerprint density at radius 3 is 2.48 bits per heavy atom. The van der Waals surface area contributed by atoms with Gasteiger partial charge in [-0.1, -0.05) is 49.7 Å². The molecule has 1 aromatic heterocycles. The highest BCUT2D eigenvalue weighted by atomic mass is 35.5. The molecule has 0 N–H and O–H groups in total. The van der Waals surface area contributed by atoms with Gasteiger partial charge in [0, 0.05) is 25.4 Å². The van der Waals surface area contributed by atoms with E-state index in [4.69, 9.17) is 11.6 Å². The molecule has 4 heteroatoms. The van der Waals surface area contributed by atoms with Crippen LogP contribution in [-0.4, -0.2) is 22.8 Å². The Bertz CT molecular complexity index is 623. The van der Waals surface area contributed by atoms with Crippen molar-refractivity contribution in [3.8, 4) is 0 Å². The predicted octanol–water partition coefficient (Wildman–Crippen LogP) is 4.13. The Hall–Kier alpha value is -1.87. The summed E-state index contributed by atoms with van der Waals surface area (Å²) in [7, 11) is 1.78. The summed E-state index contributed by atoms with van der Waals surface area (Å²) in [6, 6.07) is 11.6. The smallest absolute Gasteiger partial charge is 0.254 e. The van der Waals surface area contributed by atoms with E-state index in [1.807, 2.05) is 0 Å². The number of pyridine rings is 1. The molecule has 0 aliphatic heterocycles. The fourth-order valence-electron chi connectivity index (χ4n) is 2.11. The molecule has 0 radical (unpaired) electrons. The second-order valence-corrected chi connectivity index (χ2v) is 5.81. The number of carbonyl (C=O) groups is 1. The van der Waals surface area contributed by atoms with E-state index in [1.54, 1.807) is 30.3 Å². The van der Waals surface area contributed by atoms with Gasteiger partial charge in [-0.25, -0.2) is 4.98 Å². The van der Waals surface area contributed by atoms with Crippen LogP contribution < -0.4 is 0 Å². The van der Waals surface area contributed by atoms with Crippen molar-refractivity contribution in [2.24, 2.45) is 0 Å². The highest BCUT2D eigenvalue weighted by Crippen LogP contribution is 2.16. The molecule has 0 spiro atoms. The highest BCUT2D eigenvalue weighted by Gasteiger charge is 2.12. The van der Waals surface area contributed by atoms with Crippen molar-refractivity contribution in [2.45, 2.75) is 26.3 Å². The number of benzene rings is 1. The van der Waals surface area contributed by atoms with Gasteiger partial charge in [-0.05, 0) is 29.2 Å². The van der Waals surface area contributed by atoms with E-state index < -0.39 is 0 Å². The summed E-state index contributed by atoms with van der Waals surface area (Å²) in [4.78, 5) is 17.9. The van der Waals surface area contributed by atoms with Gasteiger partial charge in [0.2, 0.25) is 0 Å². The third kappa shape index (κ3) is 4.05. The molecule has 3 nitrogen and oxygen atoms in total. The molecule has 21 heavy (non-hydrogen) atoms. The largest absolute Gasteiger partial charge is 0.337 e. The second kappa shape index (κ2) is 6.72. The second-order valence-electron chi connectivity index (χ2n) is 5.42. The van der Waals surface area contributed by atoms with Gasteiger partial charge in [-0.2, -0.15) is 0 Å². The molecule has 2 aromatic rings. The highest BCUT2D eigenvalue weighted by molar-refractivity contribution is 6.29. The fourth-order valence-corrected chi connectivity index (χ4v) is 2.28. The van der Waals surface area contributed by atoms with E-state index in [9.17, 15) is 4.79 Å². The van der Waals surface area contributed by atoms with E-state index in [0.29, 0.717) is 23.2 Å². The number of hydrogen-bond acceptors (Lipinski definition) is 2. The maximum absolute atomic E-state index is 12.3. The molecule has 0 aliphatic carbocycles. The summed E-state index contributed by atoms with van der Waals surface area (Å²) >= 11 is 5.82. The van der Waals surface area contributed by atoms with E-state index in [2.05, 4.69) is 43.1 Å². The van der Waals surface area contributed by atoms with Crippen LogP contribution in [0.4, 0.5) is 0 Å². The monoisotopic (exact) mass is 302 g/mol. The van der Waals surface area contributed by atoms with Gasteiger partial charge in [0.05, 0.1) is 0 Å². The standard InChI is InChI=1S/C17H19ClN2O/c1-12(2)14-6-4-13(5-7-14)11-20(3)17(21)15-8-9-19-16(18)10-15/h4-10,12H,11H2,1-3H3. The Morgan fingerprint density at radius 2 is 1.90 bits per heavy atom. The van der Waals surface area contributed by atoms with Crippen molar-refractivity contribution < 1.29 is 4.79 Å². The summed E-state index contributed by atoms with van der Waals surface area (Å²) in [6.07, 6.45) is 1.54. The van der Waals surface area contributed by atoms with Crippen LogP contribution in [0.3, 0.4) is 0 Å². The van der Waals surface area contributed by atoms with Crippen molar-refractivity contribution in [1.29, 1.82) is 0 Å². The minimum absolute atomic E-state index is 0.0627. The zero-order valence-corrected chi connectivity index (χ0v) is 13.3. The third-order valence-corrected chi connectivity index (χ3v) is 3.59. The number of hydrogen-bond donors (Lipinski definition) is 0. The van der Waals surface area contributed by atoms with Crippen molar-refractivity contribution in [1.82, 2.24) is 9.88 Å². The number of carbonyl (C=O) groups excluding carboxylic acids is 1. The van der Waals surface area contributed by atoms with E-state index in [1.165, 1.54) is 5.56 Å². The third-order valence-electron chi connectivity index (χ3n) is 3.39. The maximum Gasteiger partial charge on any atom is 0.254 e. The molecule has 0 atom stereocenters. The van der Waals surface area contributed by atoms with Gasteiger partial charge in [0.1, 0.15) is 5.15 Å². The molecule has 0 saturated carbocycles. The van der Waals surface area contributed by atoms with Gasteiger partial charge >= 0.3 is 0 Å². The van der Waals surface area contributed by atoms with Crippen LogP contribution in [0, 0.1) is 0 Å². The molecule has 110 valence electrons. The molecule has 1 amide bonds. The first-order valence-corrected chi connectivity index (χ1v) is 7.31. The van der Waals surface area contributed by atoms with Crippen LogP contribution >= 0.6 is 11.6 Å². The fraction of sp³-hybridized carbons (Fsp3) is 0.294. The average molecular weight is 303 g/mol. The molecular formula is C17H19ClN2O. The number of halogens is 1. The molecule has 2 rings (SSSR count). The number of aromatic nitrogens is 1. The predicted molar refractivity (Wildman–Crippen MR) is 85.6 cm³/mol. The van der Waals surface area contributed by atoms with Crippen LogP contribution in [0.1, 0.15) is 41.3 Å². The lowest BCUT2D eigenvalue weighted by molar-refractivity contribution is 0.0785. The first kappa shape index (κ1) is 15.5. The zero-order valence-electron chi connectivity index (χ0n) is 12.5. The van der Waals surface area contributed by atoms with Crippen LogP contribution in [0.5, 0.6) is 0 Å². The van der Waals surface area contributed by atoms with Crippen molar-refractivity contribution >= 4 is 17.5 Å². The average Bonchev–Trinajstić information content (AvgIpc) is 2.47. The summed E-state index contributed by atoms with van der Waals surface area (Å²) < 4.78 is 0. The van der Waals surface area contributed by atoms with Gasteiger partial charge in [-0.15, -0.1) is 0 Å². The number of amides is 1. The SMILES string of the molecule is CC(C)c1ccc(CN(C)C(=O)c2ccnc(Cl)c2)cc1. The van der Waals surface area contributed by atoms with Crippen LogP contribution in [0.2, 0.25) is 5.15 Å². The van der Waals surface area contributed by atoms with E-state index >= 15 is 0 Å². The lowest BCUT2D eigenvalue weighted by atomic mass is 10.0. The van der Waals surface area contributed by atoms with Crippen molar-refractivity contribution in [3.63, 3.8) is 0 Å². The Kier molecular flexibility index (Phi) is 4.97. The molecule has 0 bridgehead atoms. The summed E-state index contributed by atoms with van der Waals surface area (Å²) in [5.41, 5.74) is 2.96. The van der Waals surface area contributed by atoms with Gasteiger partial charge in [-0.3, -0.25) is 4.79 Å². The summed E-state index contributed by atoms with van der Waals surface area (Å²) in [5, 5.41) is 0.329. The summed E-state index contributed by atoms with van der Waals surface area (Å²) in [5.74, 6) is 0.449. The zero-order chi connectivity index (χ0) is 15.4. The Morgan fingerprint density at radius 1 is 1.24 bits per heavy atom. The molecule has 0 unspecified atom stereocenters. The van der Waals surface area contributed by atoms with Crippen LogP contribution in [0.25, 0.3) is 0 Å². The Labute approximate surface area is 130 Å².